The summed E-state index contributed by atoms with van der Waals surface area (Å²) in [7, 11) is 0. The fraction of sp³-hybridized carbons (Fsp3) is 0.250. The van der Waals surface area contributed by atoms with Crippen molar-refractivity contribution in [2.45, 2.75) is 32.5 Å². The summed E-state index contributed by atoms with van der Waals surface area (Å²) >= 11 is 1.32. The first-order valence-corrected chi connectivity index (χ1v) is 11.1. The number of hydrogen-bond donors (Lipinski definition) is 1. The number of benzene rings is 2. The molecule has 0 spiro atoms. The standard InChI is InChI=1S/C24H22F3NO4S/c1-2-31-23(30)11-6-16-4-3-5-17(12-16)13-21(29)28-22-14-19(15-33-22)18-7-9-20(10-8-18)32-24(25,26)27/h3-5,7-10,12,14-15H,2,6,11,13H2,1H3,(H,28,29). The van der Waals surface area contributed by atoms with E-state index >= 15 is 0 Å². The number of ether oxygens (including phenoxy) is 2. The summed E-state index contributed by atoms with van der Waals surface area (Å²) in [5.41, 5.74) is 3.25. The molecule has 1 aromatic heterocycles. The van der Waals surface area contributed by atoms with Crippen LogP contribution in [0.25, 0.3) is 11.1 Å². The van der Waals surface area contributed by atoms with Crippen molar-refractivity contribution in [2.24, 2.45) is 0 Å². The predicted octanol–water partition coefficient (Wildman–Crippen LogP) is 5.99. The maximum absolute atomic E-state index is 12.5. The number of halogens is 3. The zero-order chi connectivity index (χ0) is 23.8. The zero-order valence-electron chi connectivity index (χ0n) is 17.8. The molecule has 0 fully saturated rings. The molecule has 2 aromatic carbocycles. The molecule has 3 rings (SSSR count). The van der Waals surface area contributed by atoms with Gasteiger partial charge in [0.25, 0.3) is 0 Å². The monoisotopic (exact) mass is 477 g/mol. The average molecular weight is 478 g/mol. The highest BCUT2D eigenvalue weighted by atomic mass is 32.1. The first kappa shape index (κ1) is 24.3. The summed E-state index contributed by atoms with van der Waals surface area (Å²) < 4.78 is 45.7. The van der Waals surface area contributed by atoms with Crippen LogP contribution in [0.5, 0.6) is 5.75 Å². The lowest BCUT2D eigenvalue weighted by Gasteiger charge is -2.08. The van der Waals surface area contributed by atoms with Crippen LogP contribution in [0.15, 0.2) is 60.0 Å². The number of alkyl halides is 3. The fourth-order valence-corrected chi connectivity index (χ4v) is 3.97. The van der Waals surface area contributed by atoms with Gasteiger partial charge in [0.05, 0.1) is 18.0 Å². The summed E-state index contributed by atoms with van der Waals surface area (Å²) in [4.78, 5) is 24.0. The molecular formula is C24H22F3NO4S. The van der Waals surface area contributed by atoms with Gasteiger partial charge < -0.3 is 14.8 Å². The molecule has 33 heavy (non-hydrogen) atoms. The fourth-order valence-electron chi connectivity index (χ4n) is 3.14. The highest BCUT2D eigenvalue weighted by Gasteiger charge is 2.30. The van der Waals surface area contributed by atoms with E-state index in [-0.39, 0.29) is 30.5 Å². The molecule has 0 saturated heterocycles. The highest BCUT2D eigenvalue weighted by Crippen LogP contribution is 2.31. The topological polar surface area (TPSA) is 64.6 Å². The van der Waals surface area contributed by atoms with E-state index in [0.29, 0.717) is 23.6 Å². The number of nitrogens with one attached hydrogen (secondary N) is 1. The predicted molar refractivity (Wildman–Crippen MR) is 120 cm³/mol. The maximum Gasteiger partial charge on any atom is 0.573 e. The van der Waals surface area contributed by atoms with E-state index in [0.717, 1.165) is 16.7 Å². The molecular weight excluding hydrogens is 455 g/mol. The number of esters is 1. The second kappa shape index (κ2) is 11.0. The zero-order valence-corrected chi connectivity index (χ0v) is 18.6. The lowest BCUT2D eigenvalue weighted by Crippen LogP contribution is -2.16. The number of carbonyl (C=O) groups excluding carboxylic acids is 2. The van der Waals surface area contributed by atoms with Crippen LogP contribution in [-0.2, 0) is 27.2 Å². The molecule has 0 aliphatic rings. The van der Waals surface area contributed by atoms with Crippen LogP contribution in [-0.4, -0.2) is 24.8 Å². The van der Waals surface area contributed by atoms with Crippen molar-refractivity contribution < 1.29 is 32.2 Å². The lowest BCUT2D eigenvalue weighted by atomic mass is 10.0. The maximum atomic E-state index is 12.5. The SMILES string of the molecule is CCOC(=O)CCc1cccc(CC(=O)Nc2cc(-c3ccc(OC(F)(F)F)cc3)cs2)c1. The molecule has 0 bridgehead atoms. The minimum absolute atomic E-state index is 0.171. The lowest BCUT2D eigenvalue weighted by molar-refractivity contribution is -0.274. The Morgan fingerprint density at radius 3 is 2.42 bits per heavy atom. The Kier molecular flexibility index (Phi) is 8.11. The van der Waals surface area contributed by atoms with Gasteiger partial charge in [-0.15, -0.1) is 24.5 Å². The van der Waals surface area contributed by atoms with E-state index < -0.39 is 6.36 Å². The Balaban J connectivity index is 1.55. The van der Waals surface area contributed by atoms with Gasteiger partial charge >= 0.3 is 12.3 Å². The molecule has 9 heteroatoms. The molecule has 5 nitrogen and oxygen atoms in total. The molecule has 0 radical (unpaired) electrons. The van der Waals surface area contributed by atoms with Gasteiger partial charge in [-0.05, 0) is 53.8 Å². The van der Waals surface area contributed by atoms with Crippen molar-refractivity contribution in [3.05, 3.63) is 71.1 Å². The summed E-state index contributed by atoms with van der Waals surface area (Å²) in [5.74, 6) is -0.740. The molecule has 0 saturated carbocycles. The molecule has 1 amide bonds. The molecule has 0 aliphatic carbocycles. The molecule has 3 aromatic rings. The molecule has 1 heterocycles. The molecule has 174 valence electrons. The third-order valence-corrected chi connectivity index (χ3v) is 5.41. The van der Waals surface area contributed by atoms with Crippen LogP contribution in [0.1, 0.15) is 24.5 Å². The van der Waals surface area contributed by atoms with Crippen molar-refractivity contribution in [3.63, 3.8) is 0 Å². The first-order valence-electron chi connectivity index (χ1n) is 10.2. The smallest absolute Gasteiger partial charge is 0.466 e. The number of hydrogen-bond acceptors (Lipinski definition) is 5. The van der Waals surface area contributed by atoms with Gasteiger partial charge in [0, 0.05) is 11.8 Å². The van der Waals surface area contributed by atoms with Gasteiger partial charge in [0.15, 0.2) is 0 Å². The van der Waals surface area contributed by atoms with Crippen LogP contribution in [0, 0.1) is 0 Å². The Labute approximate surface area is 193 Å². The van der Waals surface area contributed by atoms with E-state index in [1.54, 1.807) is 13.0 Å². The van der Waals surface area contributed by atoms with E-state index in [1.807, 2.05) is 29.6 Å². The molecule has 0 atom stereocenters. The van der Waals surface area contributed by atoms with Gasteiger partial charge in [-0.25, -0.2) is 0 Å². The van der Waals surface area contributed by atoms with Gasteiger partial charge in [-0.3, -0.25) is 9.59 Å². The Bertz CT molecular complexity index is 1090. The van der Waals surface area contributed by atoms with Gasteiger partial charge in [-0.2, -0.15) is 0 Å². The normalized spacial score (nSPS) is 11.2. The minimum atomic E-state index is -4.73. The summed E-state index contributed by atoms with van der Waals surface area (Å²) in [6, 6.07) is 14.8. The third-order valence-electron chi connectivity index (χ3n) is 4.56. The van der Waals surface area contributed by atoms with Crippen LogP contribution in [0.3, 0.4) is 0 Å². The first-order chi connectivity index (χ1) is 15.7. The van der Waals surface area contributed by atoms with Crippen LogP contribution >= 0.6 is 11.3 Å². The summed E-state index contributed by atoms with van der Waals surface area (Å²) in [6.45, 7) is 2.11. The van der Waals surface area contributed by atoms with E-state index in [4.69, 9.17) is 4.74 Å². The van der Waals surface area contributed by atoms with Crippen LogP contribution in [0.4, 0.5) is 18.2 Å². The number of anilines is 1. The second-order valence-corrected chi connectivity index (χ2v) is 8.03. The number of amides is 1. The number of thiophene rings is 1. The molecule has 1 N–H and O–H groups in total. The van der Waals surface area contributed by atoms with Crippen molar-refractivity contribution in [1.82, 2.24) is 0 Å². The third kappa shape index (κ3) is 7.94. The Morgan fingerprint density at radius 1 is 1.00 bits per heavy atom. The van der Waals surface area contributed by atoms with Crippen LogP contribution < -0.4 is 10.1 Å². The largest absolute Gasteiger partial charge is 0.573 e. The number of rotatable bonds is 9. The average Bonchev–Trinajstić information content (AvgIpc) is 3.20. The quantitative estimate of drug-likeness (QED) is 0.385. The molecule has 0 unspecified atom stereocenters. The van der Waals surface area contributed by atoms with E-state index in [2.05, 4.69) is 10.1 Å². The summed E-state index contributed by atoms with van der Waals surface area (Å²) in [6.07, 6.45) is -3.74. The van der Waals surface area contributed by atoms with Gasteiger partial charge in [0.2, 0.25) is 5.91 Å². The Hall–Kier alpha value is -3.33. The number of carbonyl (C=O) groups is 2. The second-order valence-electron chi connectivity index (χ2n) is 7.12. The van der Waals surface area contributed by atoms with Crippen LogP contribution in [0.2, 0.25) is 0 Å². The van der Waals surface area contributed by atoms with Gasteiger partial charge in [-0.1, -0.05) is 36.4 Å². The van der Waals surface area contributed by atoms with Gasteiger partial charge in [0.1, 0.15) is 5.75 Å². The van der Waals surface area contributed by atoms with Crippen molar-refractivity contribution >= 4 is 28.2 Å². The van der Waals surface area contributed by atoms with Crippen molar-refractivity contribution in [2.75, 3.05) is 11.9 Å². The Morgan fingerprint density at radius 2 is 1.73 bits per heavy atom. The van der Waals surface area contributed by atoms with Crippen molar-refractivity contribution in [1.29, 1.82) is 0 Å². The van der Waals surface area contributed by atoms with Crippen molar-refractivity contribution in [3.8, 4) is 16.9 Å². The van der Waals surface area contributed by atoms with E-state index in [1.165, 1.54) is 35.6 Å². The number of aryl methyl sites for hydroxylation is 1. The minimum Gasteiger partial charge on any atom is -0.466 e. The molecule has 0 aliphatic heterocycles. The van der Waals surface area contributed by atoms with E-state index in [9.17, 15) is 22.8 Å². The summed E-state index contributed by atoms with van der Waals surface area (Å²) in [5, 5.41) is 5.28. The highest BCUT2D eigenvalue weighted by molar-refractivity contribution is 7.14.